The maximum absolute atomic E-state index is 13.1. The number of ether oxygens (including phenoxy) is 1. The zero-order chi connectivity index (χ0) is 22.6. The Morgan fingerprint density at radius 3 is 2.35 bits per heavy atom. The summed E-state index contributed by atoms with van der Waals surface area (Å²) in [5, 5.41) is 3.13. The van der Waals surface area contributed by atoms with E-state index in [4.69, 9.17) is 4.74 Å². The molecule has 7 nitrogen and oxygen atoms in total. The van der Waals surface area contributed by atoms with Gasteiger partial charge in [0.2, 0.25) is 0 Å². The lowest BCUT2D eigenvalue weighted by molar-refractivity contribution is 0.0531. The van der Waals surface area contributed by atoms with E-state index in [9.17, 15) is 18.0 Å². The van der Waals surface area contributed by atoms with Gasteiger partial charge in [-0.3, -0.25) is 9.52 Å². The number of carbonyl (C=O) groups excluding carboxylic acids is 2. The average Bonchev–Trinajstić information content (AvgIpc) is 3.04. The topological polar surface area (TPSA) is 102 Å². The van der Waals surface area contributed by atoms with E-state index < -0.39 is 16.0 Å². The first kappa shape index (κ1) is 23.3. The normalized spacial score (nSPS) is 14.8. The van der Waals surface area contributed by atoms with E-state index in [0.29, 0.717) is 5.56 Å². The van der Waals surface area contributed by atoms with Crippen LogP contribution in [0.15, 0.2) is 29.2 Å². The molecule has 0 saturated heterocycles. The van der Waals surface area contributed by atoms with Gasteiger partial charge in [-0.1, -0.05) is 37.0 Å². The number of benzene rings is 1. The number of rotatable bonds is 7. The Morgan fingerprint density at radius 2 is 1.74 bits per heavy atom. The second kappa shape index (κ2) is 9.82. The fourth-order valence-electron chi connectivity index (χ4n) is 3.65. The zero-order valence-electron chi connectivity index (χ0n) is 18.0. The first-order chi connectivity index (χ1) is 14.7. The third kappa shape index (κ3) is 5.46. The van der Waals surface area contributed by atoms with Crippen molar-refractivity contribution in [2.24, 2.45) is 0 Å². The van der Waals surface area contributed by atoms with Gasteiger partial charge < -0.3 is 10.1 Å². The van der Waals surface area contributed by atoms with Gasteiger partial charge in [0.1, 0.15) is 9.88 Å². The highest BCUT2D eigenvalue weighted by Crippen LogP contribution is 2.35. The highest BCUT2D eigenvalue weighted by atomic mass is 32.2. The summed E-state index contributed by atoms with van der Waals surface area (Å²) >= 11 is 0.924. The number of nitrogens with one attached hydrogen (secondary N) is 2. The van der Waals surface area contributed by atoms with Crippen LogP contribution in [0.25, 0.3) is 0 Å². The summed E-state index contributed by atoms with van der Waals surface area (Å²) in [6.07, 6.45) is 5.04. The van der Waals surface area contributed by atoms with Crippen LogP contribution in [0.2, 0.25) is 0 Å². The Labute approximate surface area is 187 Å². The van der Waals surface area contributed by atoms with E-state index >= 15 is 0 Å². The van der Waals surface area contributed by atoms with Crippen molar-refractivity contribution in [2.75, 3.05) is 11.3 Å². The van der Waals surface area contributed by atoms with Crippen molar-refractivity contribution in [1.29, 1.82) is 0 Å². The molecule has 168 valence electrons. The van der Waals surface area contributed by atoms with Crippen LogP contribution in [-0.4, -0.2) is 32.9 Å². The number of hydrogen-bond acceptors (Lipinski definition) is 6. The molecule has 1 fully saturated rings. The number of aryl methyl sites for hydroxylation is 1. The monoisotopic (exact) mass is 464 g/mol. The summed E-state index contributed by atoms with van der Waals surface area (Å²) in [4.78, 5) is 25.8. The Kier molecular flexibility index (Phi) is 7.38. The molecular formula is C22H28N2O5S2. The molecule has 0 unspecified atom stereocenters. The Balaban J connectivity index is 1.96. The van der Waals surface area contributed by atoms with Gasteiger partial charge in [-0.05, 0) is 51.3 Å². The van der Waals surface area contributed by atoms with E-state index in [1.54, 1.807) is 26.0 Å². The average molecular weight is 465 g/mol. The van der Waals surface area contributed by atoms with Crippen molar-refractivity contribution in [3.63, 3.8) is 0 Å². The lowest BCUT2D eigenvalue weighted by Gasteiger charge is -2.23. The molecule has 1 saturated carbocycles. The maximum Gasteiger partial charge on any atom is 0.348 e. The molecule has 0 radical (unpaired) electrons. The SMILES string of the molecule is CCOC(=O)c1sc(NS(=O)(=O)c2ccc(C)cc2)c(C(=O)NC2CCCCC2)c1C. The Morgan fingerprint density at radius 1 is 1.10 bits per heavy atom. The van der Waals surface area contributed by atoms with Gasteiger partial charge in [-0.15, -0.1) is 11.3 Å². The lowest BCUT2D eigenvalue weighted by atomic mass is 9.95. The molecule has 2 N–H and O–H groups in total. The van der Waals surface area contributed by atoms with E-state index in [2.05, 4.69) is 10.0 Å². The number of hydrogen-bond donors (Lipinski definition) is 2. The van der Waals surface area contributed by atoms with E-state index in [1.165, 1.54) is 12.1 Å². The molecule has 1 aromatic heterocycles. The fourth-order valence-corrected chi connectivity index (χ4v) is 6.06. The molecule has 1 aromatic carbocycles. The fraction of sp³-hybridized carbons (Fsp3) is 0.455. The van der Waals surface area contributed by atoms with Crippen molar-refractivity contribution in [2.45, 2.75) is 63.8 Å². The molecule has 31 heavy (non-hydrogen) atoms. The number of anilines is 1. The zero-order valence-corrected chi connectivity index (χ0v) is 19.6. The van der Waals surface area contributed by atoms with Crippen molar-refractivity contribution in [3.05, 3.63) is 45.8 Å². The third-order valence-electron chi connectivity index (χ3n) is 5.33. The molecular weight excluding hydrogens is 436 g/mol. The summed E-state index contributed by atoms with van der Waals surface area (Å²) < 4.78 is 33.5. The molecule has 0 spiro atoms. The van der Waals surface area contributed by atoms with Gasteiger partial charge in [0.15, 0.2) is 0 Å². The van der Waals surface area contributed by atoms with Gasteiger partial charge in [0, 0.05) is 6.04 Å². The number of carbonyl (C=O) groups is 2. The van der Waals surface area contributed by atoms with E-state index in [-0.39, 0.29) is 38.9 Å². The van der Waals surface area contributed by atoms with Gasteiger partial charge in [-0.2, -0.15) is 0 Å². The number of sulfonamides is 1. The first-order valence-corrected chi connectivity index (χ1v) is 12.7. The third-order valence-corrected chi connectivity index (χ3v) is 8.02. The Hall–Kier alpha value is -2.39. The van der Waals surface area contributed by atoms with Crippen molar-refractivity contribution >= 4 is 38.2 Å². The largest absolute Gasteiger partial charge is 0.462 e. The minimum Gasteiger partial charge on any atom is -0.462 e. The molecule has 1 heterocycles. The Bertz CT molecular complexity index is 1050. The lowest BCUT2D eigenvalue weighted by Crippen LogP contribution is -2.36. The molecule has 9 heteroatoms. The van der Waals surface area contributed by atoms with Crippen LogP contribution in [0.4, 0.5) is 5.00 Å². The minimum absolute atomic E-state index is 0.0492. The highest BCUT2D eigenvalue weighted by Gasteiger charge is 2.29. The predicted molar refractivity (Wildman–Crippen MR) is 121 cm³/mol. The summed E-state index contributed by atoms with van der Waals surface area (Å²) in [7, 11) is -3.93. The smallest absolute Gasteiger partial charge is 0.348 e. The standard InChI is InChI=1S/C22H28N2O5S2/c1-4-29-22(26)19-15(3)18(20(25)23-16-8-6-5-7-9-16)21(30-19)24-31(27,28)17-12-10-14(2)11-13-17/h10-13,16,24H,4-9H2,1-3H3,(H,23,25). The summed E-state index contributed by atoms with van der Waals surface area (Å²) in [6.45, 7) is 5.39. The maximum atomic E-state index is 13.1. The van der Waals surface area contributed by atoms with Crippen molar-refractivity contribution in [1.82, 2.24) is 5.32 Å². The summed E-state index contributed by atoms with van der Waals surface area (Å²) in [6, 6.07) is 6.47. The first-order valence-electron chi connectivity index (χ1n) is 10.4. The van der Waals surface area contributed by atoms with Crippen molar-refractivity contribution in [3.8, 4) is 0 Å². The predicted octanol–water partition coefficient (Wildman–Crippen LogP) is 4.40. The number of thiophene rings is 1. The van der Waals surface area contributed by atoms with Gasteiger partial charge in [-0.25, -0.2) is 13.2 Å². The van der Waals surface area contributed by atoms with Crippen molar-refractivity contribution < 1.29 is 22.7 Å². The summed E-state index contributed by atoms with van der Waals surface area (Å²) in [5.41, 5.74) is 1.52. The second-order valence-electron chi connectivity index (χ2n) is 7.71. The van der Waals surface area contributed by atoms with Crippen LogP contribution in [-0.2, 0) is 14.8 Å². The van der Waals surface area contributed by atoms with E-state index in [0.717, 1.165) is 49.0 Å². The molecule has 0 aliphatic heterocycles. The highest BCUT2D eigenvalue weighted by molar-refractivity contribution is 7.93. The van der Waals surface area contributed by atoms with Crippen LogP contribution < -0.4 is 10.0 Å². The van der Waals surface area contributed by atoms with Crippen LogP contribution in [0.3, 0.4) is 0 Å². The van der Waals surface area contributed by atoms with Crippen LogP contribution in [0, 0.1) is 13.8 Å². The van der Waals surface area contributed by atoms with Gasteiger partial charge >= 0.3 is 5.97 Å². The molecule has 1 aliphatic rings. The molecule has 1 aliphatic carbocycles. The number of esters is 1. The second-order valence-corrected chi connectivity index (χ2v) is 10.4. The summed E-state index contributed by atoms with van der Waals surface area (Å²) in [5.74, 6) is -0.949. The van der Waals surface area contributed by atoms with Crippen LogP contribution in [0.1, 0.15) is 70.2 Å². The molecule has 0 bridgehead atoms. The molecule has 2 aromatic rings. The van der Waals surface area contributed by atoms with Gasteiger partial charge in [0.25, 0.3) is 15.9 Å². The molecule has 0 atom stereocenters. The number of amides is 1. The van der Waals surface area contributed by atoms with E-state index in [1.807, 2.05) is 6.92 Å². The molecule has 3 rings (SSSR count). The van der Waals surface area contributed by atoms with Crippen LogP contribution in [0.5, 0.6) is 0 Å². The molecule has 1 amide bonds. The van der Waals surface area contributed by atoms with Gasteiger partial charge in [0.05, 0.1) is 17.1 Å². The minimum atomic E-state index is -3.93. The van der Waals surface area contributed by atoms with Crippen LogP contribution >= 0.6 is 11.3 Å². The quantitative estimate of drug-likeness (QED) is 0.591.